The van der Waals surface area contributed by atoms with Gasteiger partial charge in [0.15, 0.2) is 0 Å². The molecule has 2 aromatic rings. The molecule has 0 aliphatic carbocycles. The van der Waals surface area contributed by atoms with Crippen LogP contribution in [0.3, 0.4) is 0 Å². The highest BCUT2D eigenvalue weighted by Gasteiger charge is 2.28. The number of likely N-dealkylation sites (tertiary alicyclic amines) is 1. The molecule has 2 saturated heterocycles. The fraction of sp³-hybridized carbons (Fsp3) is 0.450. The fourth-order valence-corrected chi connectivity index (χ4v) is 3.80. The number of anilines is 1. The predicted molar refractivity (Wildman–Crippen MR) is 106 cm³/mol. The number of methoxy groups -OCH3 is 1. The number of benzene rings is 1. The van der Waals surface area contributed by atoms with Crippen molar-refractivity contribution in [3.63, 3.8) is 0 Å². The van der Waals surface area contributed by atoms with E-state index in [1.54, 1.807) is 37.6 Å². The van der Waals surface area contributed by atoms with E-state index in [9.17, 15) is 9.59 Å². The van der Waals surface area contributed by atoms with Crippen molar-refractivity contribution in [2.75, 3.05) is 38.6 Å². The zero-order chi connectivity index (χ0) is 20.2. The number of ether oxygens (including phenoxy) is 2. The van der Waals surface area contributed by atoms with Crippen LogP contribution < -0.4 is 15.4 Å². The molecule has 0 unspecified atom stereocenters. The van der Waals surface area contributed by atoms with Crippen LogP contribution in [0.5, 0.6) is 5.75 Å². The zero-order valence-electron chi connectivity index (χ0n) is 16.3. The minimum atomic E-state index is -0.335. The minimum Gasteiger partial charge on any atom is -0.497 e. The molecule has 1 aromatic carbocycles. The molecular weight excluding hydrogens is 374 g/mol. The predicted octanol–water partition coefficient (Wildman–Crippen LogP) is 1.89. The molecule has 1 aromatic heterocycles. The Morgan fingerprint density at radius 1 is 1.28 bits per heavy atom. The Morgan fingerprint density at radius 2 is 2.03 bits per heavy atom. The number of hydrogen-bond acceptors (Lipinski definition) is 6. The molecule has 2 aliphatic heterocycles. The van der Waals surface area contributed by atoms with Crippen molar-refractivity contribution in [2.45, 2.75) is 25.0 Å². The molecule has 2 fully saturated rings. The van der Waals surface area contributed by atoms with Gasteiger partial charge in [0.05, 0.1) is 25.9 Å². The Kier molecular flexibility index (Phi) is 5.66. The largest absolute Gasteiger partial charge is 0.497 e. The van der Waals surface area contributed by atoms with Gasteiger partial charge in [-0.2, -0.15) is 5.10 Å². The van der Waals surface area contributed by atoms with E-state index in [4.69, 9.17) is 9.47 Å². The Balaban J connectivity index is 1.33. The van der Waals surface area contributed by atoms with Gasteiger partial charge in [-0.3, -0.25) is 9.69 Å². The summed E-state index contributed by atoms with van der Waals surface area (Å²) in [5.74, 6) is 1.22. The van der Waals surface area contributed by atoms with Crippen LogP contribution in [-0.4, -0.2) is 66.1 Å². The Bertz CT molecular complexity index is 858. The molecule has 29 heavy (non-hydrogen) atoms. The molecular formula is C20H25N5O4. The van der Waals surface area contributed by atoms with Crippen LogP contribution in [0.15, 0.2) is 36.5 Å². The third-order valence-electron chi connectivity index (χ3n) is 5.38. The summed E-state index contributed by atoms with van der Waals surface area (Å²) in [4.78, 5) is 26.0. The molecule has 0 saturated carbocycles. The van der Waals surface area contributed by atoms with Gasteiger partial charge in [-0.05, 0) is 37.1 Å². The van der Waals surface area contributed by atoms with Crippen molar-refractivity contribution in [1.29, 1.82) is 0 Å². The van der Waals surface area contributed by atoms with Gasteiger partial charge >= 0.3 is 6.09 Å². The van der Waals surface area contributed by atoms with E-state index in [0.29, 0.717) is 23.7 Å². The molecule has 2 aliphatic rings. The first-order chi connectivity index (χ1) is 14.1. The first-order valence-electron chi connectivity index (χ1n) is 9.78. The lowest BCUT2D eigenvalue weighted by molar-refractivity contribution is 0.0909. The van der Waals surface area contributed by atoms with Crippen molar-refractivity contribution in [2.24, 2.45) is 0 Å². The van der Waals surface area contributed by atoms with Gasteiger partial charge in [-0.25, -0.2) is 9.48 Å². The van der Waals surface area contributed by atoms with E-state index < -0.39 is 0 Å². The fourth-order valence-electron chi connectivity index (χ4n) is 3.80. The summed E-state index contributed by atoms with van der Waals surface area (Å²) in [6, 6.07) is 9.03. The van der Waals surface area contributed by atoms with Gasteiger partial charge in [0.25, 0.3) is 5.91 Å². The van der Waals surface area contributed by atoms with Crippen LogP contribution >= 0.6 is 0 Å². The van der Waals surface area contributed by atoms with Crippen molar-refractivity contribution in [1.82, 2.24) is 20.0 Å². The number of cyclic esters (lactones) is 1. The number of amides is 2. The molecule has 9 nitrogen and oxygen atoms in total. The second-order valence-corrected chi connectivity index (χ2v) is 7.28. The number of aromatic nitrogens is 2. The molecule has 2 amide bonds. The average molecular weight is 399 g/mol. The van der Waals surface area contributed by atoms with Crippen molar-refractivity contribution < 1.29 is 19.1 Å². The Labute approximate surface area is 169 Å². The van der Waals surface area contributed by atoms with Gasteiger partial charge < -0.3 is 20.1 Å². The maximum absolute atomic E-state index is 12.6. The van der Waals surface area contributed by atoms with E-state index >= 15 is 0 Å². The number of rotatable bonds is 6. The van der Waals surface area contributed by atoms with Crippen LogP contribution in [-0.2, 0) is 4.74 Å². The number of carbonyl (C=O) groups excluding carboxylic acids is 2. The topological polar surface area (TPSA) is 97.7 Å². The number of carbonyl (C=O) groups is 2. The summed E-state index contributed by atoms with van der Waals surface area (Å²) in [7, 11) is 1.59. The van der Waals surface area contributed by atoms with Crippen molar-refractivity contribution >= 4 is 17.8 Å². The highest BCUT2D eigenvalue weighted by atomic mass is 16.6. The molecule has 3 heterocycles. The maximum Gasteiger partial charge on any atom is 0.407 e. The van der Waals surface area contributed by atoms with E-state index in [0.717, 1.165) is 32.5 Å². The number of nitrogens with one attached hydrogen (secondary N) is 2. The molecule has 1 atom stereocenters. The van der Waals surface area contributed by atoms with Crippen LogP contribution in [0.1, 0.15) is 29.2 Å². The second-order valence-electron chi connectivity index (χ2n) is 7.28. The van der Waals surface area contributed by atoms with Gasteiger partial charge in [-0.1, -0.05) is 0 Å². The van der Waals surface area contributed by atoms with Crippen molar-refractivity contribution in [3.8, 4) is 5.75 Å². The summed E-state index contributed by atoms with van der Waals surface area (Å²) < 4.78 is 12.2. The van der Waals surface area contributed by atoms with E-state index in [-0.39, 0.29) is 24.1 Å². The van der Waals surface area contributed by atoms with Gasteiger partial charge in [0, 0.05) is 31.3 Å². The normalized spacial score (nSPS) is 20.2. The quantitative estimate of drug-likeness (QED) is 0.770. The van der Waals surface area contributed by atoms with E-state index in [1.807, 2.05) is 10.7 Å². The number of alkyl carbamates (subject to hydrolysis) is 1. The minimum absolute atomic E-state index is 0.0805. The third kappa shape index (κ3) is 4.51. The molecule has 0 radical (unpaired) electrons. The SMILES string of the molecule is COc1ccc(C(=O)Nc2ccnn2C2CCN(C[C@@H]3CNC(=O)O3)CC2)cc1. The number of nitrogens with zero attached hydrogens (tertiary/aromatic N) is 3. The monoisotopic (exact) mass is 399 g/mol. The summed E-state index contributed by atoms with van der Waals surface area (Å²) in [6.07, 6.45) is 3.13. The summed E-state index contributed by atoms with van der Waals surface area (Å²) in [5, 5.41) is 10.1. The van der Waals surface area contributed by atoms with Crippen molar-refractivity contribution in [3.05, 3.63) is 42.1 Å². The van der Waals surface area contributed by atoms with Gasteiger partial charge in [0.1, 0.15) is 17.7 Å². The van der Waals surface area contributed by atoms with Crippen LogP contribution in [0.4, 0.5) is 10.6 Å². The lowest BCUT2D eigenvalue weighted by Gasteiger charge is -2.33. The summed E-state index contributed by atoms with van der Waals surface area (Å²) in [5.41, 5.74) is 0.563. The van der Waals surface area contributed by atoms with E-state index in [2.05, 4.69) is 20.6 Å². The van der Waals surface area contributed by atoms with E-state index in [1.165, 1.54) is 0 Å². The Hall–Kier alpha value is -3.07. The van der Waals surface area contributed by atoms with Crippen LogP contribution in [0.2, 0.25) is 0 Å². The summed E-state index contributed by atoms with van der Waals surface area (Å²) >= 11 is 0. The number of hydrogen-bond donors (Lipinski definition) is 2. The average Bonchev–Trinajstić information content (AvgIpc) is 3.37. The lowest BCUT2D eigenvalue weighted by Crippen LogP contribution is -2.40. The molecule has 9 heteroatoms. The number of piperidine rings is 1. The second kappa shape index (κ2) is 8.52. The zero-order valence-corrected chi connectivity index (χ0v) is 16.3. The third-order valence-corrected chi connectivity index (χ3v) is 5.38. The highest BCUT2D eigenvalue weighted by molar-refractivity contribution is 6.03. The molecule has 154 valence electrons. The first kappa shape index (κ1) is 19.3. The molecule has 0 spiro atoms. The Morgan fingerprint density at radius 3 is 2.69 bits per heavy atom. The summed E-state index contributed by atoms with van der Waals surface area (Å²) in [6.45, 7) is 3.10. The van der Waals surface area contributed by atoms with Crippen LogP contribution in [0, 0.1) is 0 Å². The standard InChI is InChI=1S/C20H25N5O4/c1-28-16-4-2-14(3-5-16)19(26)23-18-6-9-22-25(18)15-7-10-24(11-8-15)13-17-12-21-20(27)29-17/h2-6,9,15,17H,7-8,10-13H2,1H3,(H,21,27)(H,23,26)/t17-/m0/s1. The molecule has 0 bridgehead atoms. The van der Waals surface area contributed by atoms with Crippen LogP contribution in [0.25, 0.3) is 0 Å². The molecule has 2 N–H and O–H groups in total. The van der Waals surface area contributed by atoms with Gasteiger partial charge in [-0.15, -0.1) is 0 Å². The van der Waals surface area contributed by atoms with Gasteiger partial charge in [0.2, 0.25) is 0 Å². The first-order valence-corrected chi connectivity index (χ1v) is 9.78. The highest BCUT2D eigenvalue weighted by Crippen LogP contribution is 2.26. The lowest BCUT2D eigenvalue weighted by atomic mass is 10.0. The maximum atomic E-state index is 12.6. The smallest absolute Gasteiger partial charge is 0.407 e. The molecule has 4 rings (SSSR count).